The van der Waals surface area contributed by atoms with Gasteiger partial charge in [0, 0.05) is 56.8 Å². The van der Waals surface area contributed by atoms with Gasteiger partial charge in [0.15, 0.2) is 0 Å². The highest BCUT2D eigenvalue weighted by Gasteiger charge is 2.36. The number of carbonyl (C=O) groups excluding carboxylic acids is 1. The van der Waals surface area contributed by atoms with Crippen molar-refractivity contribution in [2.24, 2.45) is 0 Å². The van der Waals surface area contributed by atoms with Gasteiger partial charge in [-0.05, 0) is 48.2 Å². The van der Waals surface area contributed by atoms with Crippen molar-refractivity contribution in [3.8, 4) is 0 Å². The molecule has 5 nitrogen and oxygen atoms in total. The number of nitrogens with zero attached hydrogens (tertiary/aromatic N) is 2. The number of rotatable bonds is 9. The highest BCUT2D eigenvalue weighted by Crippen LogP contribution is 2.34. The van der Waals surface area contributed by atoms with Crippen molar-refractivity contribution in [1.82, 2.24) is 9.80 Å². The molecule has 1 saturated heterocycles. The third-order valence-corrected chi connectivity index (χ3v) is 7.57. The van der Waals surface area contributed by atoms with Gasteiger partial charge in [-0.1, -0.05) is 72.3 Å². The second kappa shape index (κ2) is 12.0. The molecule has 3 aromatic carbocycles. The fraction of sp³-hybridized carbons (Fsp3) is 0.367. The average Bonchev–Trinajstić information content (AvgIpc) is 2.92. The molecule has 3 aromatic rings. The third kappa shape index (κ3) is 6.34. The van der Waals surface area contributed by atoms with E-state index in [9.17, 15) is 9.90 Å². The van der Waals surface area contributed by atoms with Gasteiger partial charge in [-0.15, -0.1) is 0 Å². The minimum absolute atomic E-state index is 0.0182. The fourth-order valence-electron chi connectivity index (χ4n) is 5.09. The monoisotopic (exact) mass is 506 g/mol. The summed E-state index contributed by atoms with van der Waals surface area (Å²) in [6.07, 6.45) is 1.21. The van der Waals surface area contributed by atoms with E-state index in [4.69, 9.17) is 16.3 Å². The Balaban J connectivity index is 1.48. The Bertz CT molecular complexity index is 1100. The number of carbonyl (C=O) groups is 1. The largest absolute Gasteiger partial charge is 0.385 e. The zero-order valence-corrected chi connectivity index (χ0v) is 21.8. The number of ether oxygens (including phenoxy) is 1. The minimum atomic E-state index is -0.793. The average molecular weight is 507 g/mol. The topological polar surface area (TPSA) is 53.0 Å². The molecule has 2 atom stereocenters. The van der Waals surface area contributed by atoms with Crippen molar-refractivity contribution in [2.75, 3.05) is 40.3 Å². The summed E-state index contributed by atoms with van der Waals surface area (Å²) >= 11 is 6.17. The number of hydrogen-bond donors (Lipinski definition) is 1. The van der Waals surface area contributed by atoms with E-state index in [0.717, 1.165) is 24.2 Å². The van der Waals surface area contributed by atoms with Gasteiger partial charge in [-0.2, -0.15) is 0 Å². The van der Waals surface area contributed by atoms with Crippen molar-refractivity contribution >= 4 is 17.5 Å². The molecule has 0 aromatic heterocycles. The SMILES string of the molecule is COC(CN1CCC(O)(c2ccccc2)CC1)C(CN(C)C(=O)c1ccccc1)c1ccc(Cl)cc1. The summed E-state index contributed by atoms with van der Waals surface area (Å²) in [7, 11) is 3.57. The van der Waals surface area contributed by atoms with Crippen LogP contribution in [-0.2, 0) is 10.3 Å². The highest BCUT2D eigenvalue weighted by molar-refractivity contribution is 6.30. The van der Waals surface area contributed by atoms with Crippen LogP contribution in [-0.4, -0.2) is 67.3 Å². The van der Waals surface area contributed by atoms with Crippen LogP contribution in [0.5, 0.6) is 0 Å². The Morgan fingerprint density at radius 2 is 1.58 bits per heavy atom. The Labute approximate surface area is 219 Å². The van der Waals surface area contributed by atoms with Gasteiger partial charge in [-0.3, -0.25) is 4.79 Å². The van der Waals surface area contributed by atoms with E-state index in [2.05, 4.69) is 4.90 Å². The molecule has 0 saturated carbocycles. The number of halogens is 1. The number of amides is 1. The van der Waals surface area contributed by atoms with E-state index < -0.39 is 5.60 Å². The van der Waals surface area contributed by atoms with Gasteiger partial charge in [0.2, 0.25) is 0 Å². The Kier molecular flexibility index (Phi) is 8.81. The molecule has 1 heterocycles. The lowest BCUT2D eigenvalue weighted by atomic mass is 9.84. The Morgan fingerprint density at radius 3 is 2.17 bits per heavy atom. The number of hydrogen-bond acceptors (Lipinski definition) is 4. The van der Waals surface area contributed by atoms with Gasteiger partial charge in [0.05, 0.1) is 11.7 Å². The standard InChI is InChI=1S/C30H35ClN2O3/c1-32(29(34)24-9-5-3-6-10-24)21-27(23-13-15-26(31)16-14-23)28(36-2)22-33-19-17-30(35,18-20-33)25-11-7-4-8-12-25/h3-16,27-28,35H,17-22H2,1-2H3. The van der Waals surface area contributed by atoms with E-state index in [1.165, 1.54) is 0 Å². The molecule has 1 aliphatic rings. The summed E-state index contributed by atoms with van der Waals surface area (Å²) in [6.45, 7) is 2.77. The lowest BCUT2D eigenvalue weighted by Crippen LogP contribution is -2.47. The maximum Gasteiger partial charge on any atom is 0.253 e. The predicted molar refractivity (Wildman–Crippen MR) is 144 cm³/mol. The van der Waals surface area contributed by atoms with E-state index >= 15 is 0 Å². The smallest absolute Gasteiger partial charge is 0.253 e. The quantitative estimate of drug-likeness (QED) is 0.433. The summed E-state index contributed by atoms with van der Waals surface area (Å²) < 4.78 is 6.05. The van der Waals surface area contributed by atoms with Crippen LogP contribution in [0.15, 0.2) is 84.9 Å². The van der Waals surface area contributed by atoms with Crippen molar-refractivity contribution in [1.29, 1.82) is 0 Å². The van der Waals surface area contributed by atoms with Crippen LogP contribution >= 0.6 is 11.6 Å². The Morgan fingerprint density at radius 1 is 1.00 bits per heavy atom. The second-order valence-electron chi connectivity index (χ2n) is 9.68. The molecule has 1 aliphatic heterocycles. The van der Waals surface area contributed by atoms with Gasteiger partial charge >= 0.3 is 0 Å². The maximum absolute atomic E-state index is 13.1. The number of aliphatic hydroxyl groups is 1. The molecule has 0 spiro atoms. The fourth-order valence-corrected chi connectivity index (χ4v) is 5.22. The lowest BCUT2D eigenvalue weighted by Gasteiger charge is -2.41. The van der Waals surface area contributed by atoms with E-state index in [1.807, 2.05) is 92.0 Å². The van der Waals surface area contributed by atoms with Gasteiger partial charge in [0.25, 0.3) is 5.91 Å². The molecule has 0 radical (unpaired) electrons. The van der Waals surface area contributed by atoms with Crippen LogP contribution in [0.4, 0.5) is 0 Å². The first-order valence-electron chi connectivity index (χ1n) is 12.5. The first-order valence-corrected chi connectivity index (χ1v) is 12.9. The summed E-state index contributed by atoms with van der Waals surface area (Å²) in [6, 6.07) is 27.1. The summed E-state index contributed by atoms with van der Waals surface area (Å²) in [5, 5.41) is 11.9. The molecular formula is C30H35ClN2O3. The molecule has 1 N–H and O–H groups in total. The summed E-state index contributed by atoms with van der Waals surface area (Å²) in [4.78, 5) is 17.2. The normalized spacial score (nSPS) is 17.3. The molecule has 4 rings (SSSR count). The first-order chi connectivity index (χ1) is 17.4. The van der Waals surface area contributed by atoms with Crippen LogP contribution in [0.3, 0.4) is 0 Å². The number of piperidine rings is 1. The van der Waals surface area contributed by atoms with Crippen LogP contribution < -0.4 is 0 Å². The lowest BCUT2D eigenvalue weighted by molar-refractivity contribution is -0.0416. The third-order valence-electron chi connectivity index (χ3n) is 7.32. The Hall–Kier alpha value is -2.70. The van der Waals surface area contributed by atoms with Crippen molar-refractivity contribution in [3.63, 3.8) is 0 Å². The molecule has 1 amide bonds. The first kappa shape index (κ1) is 26.4. The minimum Gasteiger partial charge on any atom is -0.385 e. The van der Waals surface area contributed by atoms with Crippen LogP contribution in [0.2, 0.25) is 5.02 Å². The predicted octanol–water partition coefficient (Wildman–Crippen LogP) is 5.19. The van der Waals surface area contributed by atoms with Gasteiger partial charge in [0.1, 0.15) is 0 Å². The molecular weight excluding hydrogens is 472 g/mol. The van der Waals surface area contributed by atoms with E-state index in [1.54, 1.807) is 12.0 Å². The van der Waals surface area contributed by atoms with E-state index in [0.29, 0.717) is 36.5 Å². The van der Waals surface area contributed by atoms with Crippen molar-refractivity contribution in [2.45, 2.75) is 30.5 Å². The second-order valence-corrected chi connectivity index (χ2v) is 10.1. The number of methoxy groups -OCH3 is 1. The van der Waals surface area contributed by atoms with Gasteiger partial charge in [-0.25, -0.2) is 0 Å². The van der Waals surface area contributed by atoms with Crippen LogP contribution in [0, 0.1) is 0 Å². The maximum atomic E-state index is 13.1. The van der Waals surface area contributed by atoms with E-state index in [-0.39, 0.29) is 17.9 Å². The number of likely N-dealkylation sites (tertiary alicyclic amines) is 1. The zero-order valence-electron chi connectivity index (χ0n) is 21.0. The summed E-state index contributed by atoms with van der Waals surface area (Å²) in [5.74, 6) is -0.0600. The molecule has 1 fully saturated rings. The van der Waals surface area contributed by atoms with Crippen LogP contribution in [0.25, 0.3) is 0 Å². The zero-order chi connectivity index (χ0) is 25.5. The molecule has 2 unspecified atom stereocenters. The number of benzene rings is 3. The highest BCUT2D eigenvalue weighted by atomic mass is 35.5. The van der Waals surface area contributed by atoms with Crippen molar-refractivity contribution in [3.05, 3.63) is 107 Å². The van der Waals surface area contributed by atoms with Crippen LogP contribution in [0.1, 0.15) is 40.2 Å². The molecule has 0 aliphatic carbocycles. The number of likely N-dealkylation sites (N-methyl/N-ethyl adjacent to an activating group) is 1. The molecule has 0 bridgehead atoms. The van der Waals surface area contributed by atoms with Crippen molar-refractivity contribution < 1.29 is 14.6 Å². The summed E-state index contributed by atoms with van der Waals surface area (Å²) in [5.41, 5.74) is 1.93. The molecule has 36 heavy (non-hydrogen) atoms. The molecule has 6 heteroatoms. The van der Waals surface area contributed by atoms with Gasteiger partial charge < -0.3 is 19.6 Å². The molecule has 190 valence electrons.